The van der Waals surface area contributed by atoms with E-state index in [-0.39, 0.29) is 18.4 Å². The molecule has 7 nitrogen and oxygen atoms in total. The highest BCUT2D eigenvalue weighted by molar-refractivity contribution is 5.82. The molecule has 1 amide bonds. The van der Waals surface area contributed by atoms with Crippen molar-refractivity contribution >= 4 is 16.9 Å². The van der Waals surface area contributed by atoms with Gasteiger partial charge in [0, 0.05) is 29.4 Å². The van der Waals surface area contributed by atoms with Gasteiger partial charge in [0.2, 0.25) is 5.91 Å². The number of amides is 1. The summed E-state index contributed by atoms with van der Waals surface area (Å²) in [7, 11) is 0. The highest BCUT2D eigenvalue weighted by Crippen LogP contribution is 2.26. The van der Waals surface area contributed by atoms with Crippen molar-refractivity contribution in [2.75, 3.05) is 0 Å². The van der Waals surface area contributed by atoms with Gasteiger partial charge in [-0.3, -0.25) is 9.89 Å². The number of hydrogen-bond donors (Lipinski definition) is 2. The van der Waals surface area contributed by atoms with Crippen LogP contribution in [0, 0.1) is 19.8 Å². The highest BCUT2D eigenvalue weighted by atomic mass is 16.1. The third-order valence-electron chi connectivity index (χ3n) is 5.64. The predicted octanol–water partition coefficient (Wildman–Crippen LogP) is 4.07. The quantitative estimate of drug-likeness (QED) is 0.441. The van der Waals surface area contributed by atoms with Crippen molar-refractivity contribution in [3.05, 3.63) is 76.9 Å². The Balaban J connectivity index is 1.69. The van der Waals surface area contributed by atoms with Gasteiger partial charge < -0.3 is 5.32 Å². The molecule has 4 aromatic rings. The molecule has 0 saturated carbocycles. The van der Waals surface area contributed by atoms with Crippen LogP contribution < -0.4 is 5.32 Å². The van der Waals surface area contributed by atoms with E-state index in [0.717, 1.165) is 45.8 Å². The first-order valence-electron chi connectivity index (χ1n) is 11.1. The molecule has 3 heterocycles. The van der Waals surface area contributed by atoms with E-state index in [1.165, 1.54) is 0 Å². The number of carbonyl (C=O) groups excluding carboxylic acids is 1. The van der Waals surface area contributed by atoms with E-state index < -0.39 is 0 Å². The van der Waals surface area contributed by atoms with E-state index in [2.05, 4.69) is 46.5 Å². The van der Waals surface area contributed by atoms with Gasteiger partial charge in [0.25, 0.3) is 0 Å². The molecule has 3 aromatic heterocycles. The van der Waals surface area contributed by atoms with Crippen molar-refractivity contribution in [2.45, 2.75) is 53.1 Å². The van der Waals surface area contributed by atoms with Gasteiger partial charge in [-0.15, -0.1) is 0 Å². The molecule has 0 unspecified atom stereocenters. The van der Waals surface area contributed by atoms with Crippen molar-refractivity contribution in [2.24, 2.45) is 5.92 Å². The van der Waals surface area contributed by atoms with Crippen molar-refractivity contribution in [1.82, 2.24) is 30.3 Å². The van der Waals surface area contributed by atoms with Crippen LogP contribution in [0.4, 0.5) is 0 Å². The zero-order chi connectivity index (χ0) is 22.7. The first kappa shape index (κ1) is 21.7. The Bertz CT molecular complexity index is 1190. The Labute approximate surface area is 188 Å². The molecule has 0 fully saturated rings. The molecule has 32 heavy (non-hydrogen) atoms. The Hall–Kier alpha value is -3.48. The van der Waals surface area contributed by atoms with Gasteiger partial charge in [0.1, 0.15) is 0 Å². The first-order chi connectivity index (χ1) is 15.4. The minimum absolute atomic E-state index is 0.0472. The summed E-state index contributed by atoms with van der Waals surface area (Å²) >= 11 is 0. The third-order valence-corrected chi connectivity index (χ3v) is 5.64. The SMILES string of the molecule is Cc1n[nH]c(C)c1CC(=O)N[C@H](Cc1ccccc1)c1nn(CC(C)C)c2ncccc12. The number of hydrogen-bond acceptors (Lipinski definition) is 4. The number of H-pyrrole nitrogens is 1. The van der Waals surface area contributed by atoms with Crippen molar-refractivity contribution < 1.29 is 4.79 Å². The number of benzene rings is 1. The number of nitrogens with zero attached hydrogens (tertiary/aromatic N) is 4. The number of aromatic nitrogens is 5. The van der Waals surface area contributed by atoms with Gasteiger partial charge in [-0.25, -0.2) is 9.67 Å². The normalized spacial score (nSPS) is 12.4. The monoisotopic (exact) mass is 430 g/mol. The predicted molar refractivity (Wildman–Crippen MR) is 125 cm³/mol. The maximum Gasteiger partial charge on any atom is 0.225 e. The van der Waals surface area contributed by atoms with Crippen LogP contribution in [0.25, 0.3) is 11.0 Å². The zero-order valence-electron chi connectivity index (χ0n) is 19.1. The van der Waals surface area contributed by atoms with Gasteiger partial charge in [0.15, 0.2) is 5.65 Å². The summed E-state index contributed by atoms with van der Waals surface area (Å²) in [6.07, 6.45) is 2.72. The Morgan fingerprint density at radius 1 is 1.12 bits per heavy atom. The number of nitrogens with one attached hydrogen (secondary N) is 2. The van der Waals surface area contributed by atoms with E-state index >= 15 is 0 Å². The molecule has 0 spiro atoms. The molecule has 0 bridgehead atoms. The summed E-state index contributed by atoms with van der Waals surface area (Å²) in [6.45, 7) is 8.95. The maximum absolute atomic E-state index is 13.1. The summed E-state index contributed by atoms with van der Waals surface area (Å²) in [5.41, 5.74) is 5.57. The summed E-state index contributed by atoms with van der Waals surface area (Å²) in [5, 5.41) is 16.3. The van der Waals surface area contributed by atoms with E-state index in [1.807, 2.05) is 48.9 Å². The molecule has 166 valence electrons. The van der Waals surface area contributed by atoms with E-state index in [9.17, 15) is 4.79 Å². The standard InChI is InChI=1S/C25H30N6O/c1-16(2)15-31-25-20(11-8-12-26-25)24(30-31)22(13-19-9-6-5-7-10-19)27-23(32)14-21-17(3)28-29-18(21)4/h5-12,16,22H,13-15H2,1-4H3,(H,27,32)(H,28,29)/t22-/m1/s1. The van der Waals surface area contributed by atoms with Crippen LogP contribution in [-0.2, 0) is 24.2 Å². The number of pyridine rings is 1. The molecule has 4 rings (SSSR count). The number of fused-ring (bicyclic) bond motifs is 1. The van der Waals surface area contributed by atoms with Gasteiger partial charge in [-0.05, 0) is 43.9 Å². The van der Waals surface area contributed by atoms with Crippen LogP contribution >= 0.6 is 0 Å². The van der Waals surface area contributed by atoms with Crippen LogP contribution in [0.2, 0.25) is 0 Å². The van der Waals surface area contributed by atoms with Crippen LogP contribution in [-0.4, -0.2) is 30.9 Å². The molecule has 0 saturated heterocycles. The van der Waals surface area contributed by atoms with Gasteiger partial charge in [-0.1, -0.05) is 44.2 Å². The second-order valence-corrected chi connectivity index (χ2v) is 8.73. The van der Waals surface area contributed by atoms with Crippen LogP contribution in [0.1, 0.15) is 48.1 Å². The van der Waals surface area contributed by atoms with Crippen molar-refractivity contribution in [3.63, 3.8) is 0 Å². The molecular formula is C25H30N6O. The number of aromatic amines is 1. The molecule has 7 heteroatoms. The van der Waals surface area contributed by atoms with E-state index in [1.54, 1.807) is 6.20 Å². The molecule has 0 aliphatic carbocycles. The van der Waals surface area contributed by atoms with Gasteiger partial charge >= 0.3 is 0 Å². The zero-order valence-corrected chi connectivity index (χ0v) is 19.1. The van der Waals surface area contributed by atoms with Crippen LogP contribution in [0.3, 0.4) is 0 Å². The minimum atomic E-state index is -0.266. The topological polar surface area (TPSA) is 88.5 Å². The summed E-state index contributed by atoms with van der Waals surface area (Å²) in [4.78, 5) is 17.7. The fraction of sp³-hybridized carbons (Fsp3) is 0.360. The lowest BCUT2D eigenvalue weighted by atomic mass is 10.0. The third kappa shape index (κ3) is 4.72. The van der Waals surface area contributed by atoms with E-state index in [4.69, 9.17) is 5.10 Å². The van der Waals surface area contributed by atoms with Crippen molar-refractivity contribution in [1.29, 1.82) is 0 Å². The summed E-state index contributed by atoms with van der Waals surface area (Å²) < 4.78 is 1.96. The lowest BCUT2D eigenvalue weighted by Gasteiger charge is -2.18. The lowest BCUT2D eigenvalue weighted by molar-refractivity contribution is -0.121. The Kier molecular flexibility index (Phi) is 6.35. The Morgan fingerprint density at radius 2 is 1.91 bits per heavy atom. The largest absolute Gasteiger partial charge is 0.347 e. The van der Waals surface area contributed by atoms with Gasteiger partial charge in [-0.2, -0.15) is 10.2 Å². The number of rotatable bonds is 8. The fourth-order valence-corrected chi connectivity index (χ4v) is 4.07. The highest BCUT2D eigenvalue weighted by Gasteiger charge is 2.24. The molecule has 2 N–H and O–H groups in total. The van der Waals surface area contributed by atoms with Crippen LogP contribution in [0.15, 0.2) is 48.7 Å². The smallest absolute Gasteiger partial charge is 0.225 e. The summed E-state index contributed by atoms with van der Waals surface area (Å²) in [6, 6.07) is 13.9. The molecule has 0 radical (unpaired) electrons. The second kappa shape index (κ2) is 9.34. The Morgan fingerprint density at radius 3 is 2.59 bits per heavy atom. The average Bonchev–Trinajstić information content (AvgIpc) is 3.29. The van der Waals surface area contributed by atoms with E-state index in [0.29, 0.717) is 12.3 Å². The molecule has 1 atom stereocenters. The average molecular weight is 431 g/mol. The first-order valence-corrected chi connectivity index (χ1v) is 11.1. The van der Waals surface area contributed by atoms with Gasteiger partial charge in [0.05, 0.1) is 23.9 Å². The molecule has 0 aliphatic heterocycles. The van der Waals surface area contributed by atoms with Crippen LogP contribution in [0.5, 0.6) is 0 Å². The molecule has 0 aliphatic rings. The number of aryl methyl sites for hydroxylation is 2. The second-order valence-electron chi connectivity index (χ2n) is 8.73. The molecular weight excluding hydrogens is 400 g/mol. The maximum atomic E-state index is 13.1. The minimum Gasteiger partial charge on any atom is -0.347 e. The molecule has 1 aromatic carbocycles. The van der Waals surface area contributed by atoms with Crippen molar-refractivity contribution in [3.8, 4) is 0 Å². The number of carbonyl (C=O) groups is 1. The lowest BCUT2D eigenvalue weighted by Crippen LogP contribution is -2.32. The summed E-state index contributed by atoms with van der Waals surface area (Å²) in [5.74, 6) is 0.385. The fourth-order valence-electron chi connectivity index (χ4n) is 4.07.